The Balaban J connectivity index is 0.000000858. The molecule has 3 atom stereocenters. The summed E-state index contributed by atoms with van der Waals surface area (Å²) in [6.07, 6.45) is 1.87. The molecule has 1 saturated carbocycles. The first-order valence-corrected chi connectivity index (χ1v) is 10.1. The third kappa shape index (κ3) is 5.24. The number of carbonyl (C=O) groups is 3. The lowest BCUT2D eigenvalue weighted by atomic mass is 10.1. The molecule has 2 aromatic rings. The maximum atomic E-state index is 13.1. The molecule has 1 aliphatic carbocycles. The highest BCUT2D eigenvalue weighted by atomic mass is 16.5. The summed E-state index contributed by atoms with van der Waals surface area (Å²) in [7, 11) is 1.80. The average molecular weight is 429 g/mol. The maximum absolute atomic E-state index is 13.1. The Morgan fingerprint density at radius 1 is 1.19 bits per heavy atom. The number of fused-ring (bicyclic) bond motifs is 1. The Bertz CT molecular complexity index is 927. The Labute approximate surface area is 180 Å². The normalized spacial score (nSPS) is 22.3. The number of nitrogens with zero attached hydrogens (tertiary/aromatic N) is 2. The largest absolute Gasteiger partial charge is 0.491 e. The molecule has 2 aliphatic rings. The van der Waals surface area contributed by atoms with Crippen LogP contribution in [-0.4, -0.2) is 63.3 Å². The van der Waals surface area contributed by atoms with E-state index in [1.54, 1.807) is 34.8 Å². The summed E-state index contributed by atoms with van der Waals surface area (Å²) in [4.78, 5) is 35.7. The molecule has 0 bridgehead atoms. The number of para-hydroxylation sites is 1. The second-order valence-corrected chi connectivity index (χ2v) is 7.64. The first kappa shape index (κ1) is 22.4. The van der Waals surface area contributed by atoms with Crippen molar-refractivity contribution in [2.45, 2.75) is 31.5 Å². The molecule has 0 saturated heterocycles. The zero-order valence-corrected chi connectivity index (χ0v) is 17.3. The van der Waals surface area contributed by atoms with E-state index in [0.29, 0.717) is 38.2 Å². The number of aliphatic hydroxyl groups is 1. The summed E-state index contributed by atoms with van der Waals surface area (Å²) >= 11 is 0. The Hall–Kier alpha value is -3.33. The van der Waals surface area contributed by atoms with Crippen LogP contribution in [0.4, 0.5) is 0 Å². The van der Waals surface area contributed by atoms with Gasteiger partial charge in [0.05, 0.1) is 18.7 Å². The number of aliphatic hydroxyl groups excluding tert-OH is 1. The molecule has 9 nitrogen and oxygen atoms in total. The predicted octanol–water partition coefficient (Wildman–Crippen LogP) is 1.02. The van der Waals surface area contributed by atoms with Gasteiger partial charge in [-0.3, -0.25) is 14.4 Å². The second kappa shape index (κ2) is 10.1. The van der Waals surface area contributed by atoms with Gasteiger partial charge >= 0.3 is 0 Å². The van der Waals surface area contributed by atoms with Crippen LogP contribution in [0.5, 0.6) is 5.75 Å². The zero-order chi connectivity index (χ0) is 22.4. The van der Waals surface area contributed by atoms with E-state index in [0.717, 1.165) is 11.3 Å². The van der Waals surface area contributed by atoms with Gasteiger partial charge in [-0.15, -0.1) is 0 Å². The number of benzene rings is 1. The van der Waals surface area contributed by atoms with E-state index in [1.807, 2.05) is 24.3 Å². The van der Waals surface area contributed by atoms with Crippen LogP contribution in [0.25, 0.3) is 0 Å². The minimum atomic E-state index is -0.728. The van der Waals surface area contributed by atoms with Gasteiger partial charge in [0.1, 0.15) is 18.1 Å². The van der Waals surface area contributed by atoms with Gasteiger partial charge in [0.15, 0.2) is 0 Å². The topological polar surface area (TPSA) is 121 Å². The van der Waals surface area contributed by atoms with Crippen molar-refractivity contribution in [2.24, 2.45) is 13.0 Å². The van der Waals surface area contributed by atoms with E-state index in [4.69, 9.17) is 14.6 Å². The van der Waals surface area contributed by atoms with Gasteiger partial charge < -0.3 is 29.7 Å². The number of amides is 2. The van der Waals surface area contributed by atoms with Crippen LogP contribution in [0.3, 0.4) is 0 Å². The smallest absolute Gasteiger partial charge is 0.290 e. The number of carboxylic acid groups (broad SMARTS) is 1. The fraction of sp³-hybridized carbons (Fsp3) is 0.409. The summed E-state index contributed by atoms with van der Waals surface area (Å²) in [5, 5.41) is 20.2. The lowest BCUT2D eigenvalue weighted by molar-refractivity contribution is -0.136. The summed E-state index contributed by atoms with van der Waals surface area (Å²) in [6.45, 7) is 1.22. The van der Waals surface area contributed by atoms with E-state index in [9.17, 15) is 14.7 Å². The predicted molar refractivity (Wildman–Crippen MR) is 111 cm³/mol. The van der Waals surface area contributed by atoms with Crippen molar-refractivity contribution in [3.8, 4) is 5.75 Å². The Morgan fingerprint density at radius 2 is 1.94 bits per heavy atom. The van der Waals surface area contributed by atoms with Crippen molar-refractivity contribution < 1.29 is 29.3 Å². The van der Waals surface area contributed by atoms with Gasteiger partial charge in [0, 0.05) is 31.3 Å². The molecule has 2 heterocycles. The SMILES string of the molecule is Cn1cccc1C(=O)N[C@@H]1C[C@H](C(=O)N2CCOc3ccccc3C2)C[C@H]1O.O=CO. The molecule has 3 N–H and O–H groups in total. The molecule has 31 heavy (non-hydrogen) atoms. The van der Waals surface area contributed by atoms with Crippen molar-refractivity contribution in [2.75, 3.05) is 13.2 Å². The summed E-state index contributed by atoms with van der Waals surface area (Å²) in [5.74, 6) is 0.285. The molecular weight excluding hydrogens is 402 g/mol. The molecule has 2 amide bonds. The molecule has 1 aliphatic heterocycles. The van der Waals surface area contributed by atoms with Crippen LogP contribution in [0, 0.1) is 5.92 Å². The van der Waals surface area contributed by atoms with Gasteiger partial charge in [-0.25, -0.2) is 0 Å². The molecule has 1 aromatic carbocycles. The molecule has 0 radical (unpaired) electrons. The van der Waals surface area contributed by atoms with Gasteiger partial charge in [-0.1, -0.05) is 18.2 Å². The standard InChI is InChI=1S/C21H25N3O4.CH2O2/c1-23-8-4-6-17(23)20(26)22-16-11-15(12-18(16)25)21(27)24-9-10-28-19-7-3-2-5-14(19)13-24;2-1-3/h2-8,15-16,18,25H,9-13H2,1H3,(H,22,26);1H,(H,2,3)/t15-,16+,18+;/m0./s1. The van der Waals surface area contributed by atoms with Gasteiger partial charge in [-0.05, 0) is 31.0 Å². The van der Waals surface area contributed by atoms with Crippen molar-refractivity contribution in [3.05, 3.63) is 53.9 Å². The van der Waals surface area contributed by atoms with Crippen molar-refractivity contribution in [1.82, 2.24) is 14.8 Å². The number of nitrogens with one attached hydrogen (secondary N) is 1. The number of aryl methyl sites for hydroxylation is 1. The van der Waals surface area contributed by atoms with Crippen LogP contribution in [0.15, 0.2) is 42.6 Å². The second-order valence-electron chi connectivity index (χ2n) is 7.64. The van der Waals surface area contributed by atoms with E-state index >= 15 is 0 Å². The van der Waals surface area contributed by atoms with Crippen LogP contribution < -0.4 is 10.1 Å². The number of hydrogen-bond acceptors (Lipinski definition) is 5. The Morgan fingerprint density at radius 3 is 2.65 bits per heavy atom. The molecule has 9 heteroatoms. The number of carbonyl (C=O) groups excluding carboxylic acids is 2. The molecule has 1 fully saturated rings. The van der Waals surface area contributed by atoms with Crippen molar-refractivity contribution in [1.29, 1.82) is 0 Å². The first-order chi connectivity index (χ1) is 14.9. The highest BCUT2D eigenvalue weighted by Gasteiger charge is 2.40. The molecule has 0 spiro atoms. The minimum Gasteiger partial charge on any atom is -0.491 e. The molecule has 1 aromatic heterocycles. The molecular formula is C22H27N3O6. The number of aromatic nitrogens is 1. The lowest BCUT2D eigenvalue weighted by Gasteiger charge is -2.23. The summed E-state index contributed by atoms with van der Waals surface area (Å²) in [6, 6.07) is 10.8. The van der Waals surface area contributed by atoms with Crippen LogP contribution in [0.2, 0.25) is 0 Å². The first-order valence-electron chi connectivity index (χ1n) is 10.1. The van der Waals surface area contributed by atoms with Gasteiger partial charge in [-0.2, -0.15) is 0 Å². The highest BCUT2D eigenvalue weighted by molar-refractivity contribution is 5.93. The van der Waals surface area contributed by atoms with E-state index < -0.39 is 12.1 Å². The number of hydrogen-bond donors (Lipinski definition) is 3. The molecule has 0 unspecified atom stereocenters. The van der Waals surface area contributed by atoms with E-state index in [1.165, 1.54) is 0 Å². The Kier molecular flexibility index (Phi) is 7.30. The summed E-state index contributed by atoms with van der Waals surface area (Å²) in [5.41, 5.74) is 1.52. The monoisotopic (exact) mass is 429 g/mol. The van der Waals surface area contributed by atoms with Crippen LogP contribution in [-0.2, 0) is 23.2 Å². The van der Waals surface area contributed by atoms with Gasteiger partial charge in [0.2, 0.25) is 5.91 Å². The zero-order valence-electron chi connectivity index (χ0n) is 17.3. The highest BCUT2D eigenvalue weighted by Crippen LogP contribution is 2.30. The number of rotatable bonds is 3. The van der Waals surface area contributed by atoms with Crippen molar-refractivity contribution in [3.63, 3.8) is 0 Å². The molecule has 4 rings (SSSR count). The quantitative estimate of drug-likeness (QED) is 0.627. The van der Waals surface area contributed by atoms with E-state index in [2.05, 4.69) is 5.32 Å². The minimum absolute atomic E-state index is 0.00923. The fourth-order valence-electron chi connectivity index (χ4n) is 4.08. The van der Waals surface area contributed by atoms with Crippen LogP contribution >= 0.6 is 0 Å². The third-order valence-corrected chi connectivity index (χ3v) is 5.64. The maximum Gasteiger partial charge on any atom is 0.290 e. The van der Waals surface area contributed by atoms with Gasteiger partial charge in [0.25, 0.3) is 12.4 Å². The lowest BCUT2D eigenvalue weighted by Crippen LogP contribution is -2.41. The summed E-state index contributed by atoms with van der Waals surface area (Å²) < 4.78 is 7.47. The van der Waals surface area contributed by atoms with Crippen LogP contribution in [0.1, 0.15) is 28.9 Å². The number of ether oxygens (including phenoxy) is 1. The fourth-order valence-corrected chi connectivity index (χ4v) is 4.08. The molecule has 166 valence electrons. The van der Waals surface area contributed by atoms with Crippen molar-refractivity contribution >= 4 is 18.3 Å². The third-order valence-electron chi connectivity index (χ3n) is 5.64. The average Bonchev–Trinajstić information content (AvgIpc) is 3.26. The van der Waals surface area contributed by atoms with E-state index in [-0.39, 0.29) is 24.2 Å².